The summed E-state index contributed by atoms with van der Waals surface area (Å²) in [7, 11) is 1.49. The Morgan fingerprint density at radius 2 is 2.00 bits per heavy atom. The maximum absolute atomic E-state index is 13.7. The summed E-state index contributed by atoms with van der Waals surface area (Å²) in [5.74, 6) is -2.07. The molecule has 1 fully saturated rings. The molecule has 2 amide bonds. The lowest BCUT2D eigenvalue weighted by Gasteiger charge is -2.18. The molecule has 0 saturated heterocycles. The van der Waals surface area contributed by atoms with E-state index in [0.29, 0.717) is 6.42 Å². The average molecular weight is 307 g/mol. The van der Waals surface area contributed by atoms with Gasteiger partial charge in [-0.3, -0.25) is 9.59 Å². The maximum atomic E-state index is 13.7. The molecule has 1 aromatic carbocycles. The van der Waals surface area contributed by atoms with Gasteiger partial charge in [0.25, 0.3) is 5.91 Å². The van der Waals surface area contributed by atoms with E-state index in [4.69, 9.17) is 0 Å². The normalized spacial score (nSPS) is 24.0. The molecule has 0 aromatic heterocycles. The van der Waals surface area contributed by atoms with Gasteiger partial charge in [0.1, 0.15) is 17.3 Å². The molecule has 1 aromatic rings. The number of hydrazone groups is 1. The lowest BCUT2D eigenvalue weighted by atomic mass is 10.1. The van der Waals surface area contributed by atoms with Crippen molar-refractivity contribution >= 4 is 17.5 Å². The Labute approximate surface area is 126 Å². The molecular formula is C15H15F2N3O2. The van der Waals surface area contributed by atoms with E-state index in [1.165, 1.54) is 25.2 Å². The summed E-state index contributed by atoms with van der Waals surface area (Å²) >= 11 is 0. The van der Waals surface area contributed by atoms with Gasteiger partial charge in [0.05, 0.1) is 0 Å². The molecule has 2 aliphatic rings. The highest BCUT2D eigenvalue weighted by Crippen LogP contribution is 2.43. The fraction of sp³-hybridized carbons (Fsp3) is 0.400. The van der Waals surface area contributed by atoms with Crippen LogP contribution in [0.2, 0.25) is 0 Å². The Balaban J connectivity index is 1.66. The van der Waals surface area contributed by atoms with E-state index in [-0.39, 0.29) is 47.9 Å². The number of carbonyl (C=O) groups excluding carboxylic acids is 2. The Hall–Kier alpha value is -2.31. The topological polar surface area (TPSA) is 61.8 Å². The van der Waals surface area contributed by atoms with Crippen LogP contribution in [0.5, 0.6) is 0 Å². The quantitative estimate of drug-likeness (QED) is 0.921. The molecule has 3 rings (SSSR count). The second kappa shape index (κ2) is 5.47. The predicted octanol–water partition coefficient (Wildman–Crippen LogP) is 1.55. The summed E-state index contributed by atoms with van der Waals surface area (Å²) < 4.78 is 27.4. The van der Waals surface area contributed by atoms with Gasteiger partial charge in [0.2, 0.25) is 5.91 Å². The van der Waals surface area contributed by atoms with Gasteiger partial charge >= 0.3 is 0 Å². The first-order chi connectivity index (χ1) is 10.5. The van der Waals surface area contributed by atoms with Gasteiger partial charge < -0.3 is 5.32 Å². The van der Waals surface area contributed by atoms with E-state index in [2.05, 4.69) is 10.4 Å². The first-order valence-electron chi connectivity index (χ1n) is 7.06. The van der Waals surface area contributed by atoms with Crippen LogP contribution >= 0.6 is 0 Å². The van der Waals surface area contributed by atoms with E-state index >= 15 is 0 Å². The zero-order valence-corrected chi connectivity index (χ0v) is 12.0. The highest BCUT2D eigenvalue weighted by molar-refractivity contribution is 6.39. The number of rotatable bonds is 3. The number of carbonyl (C=O) groups is 2. The van der Waals surface area contributed by atoms with Crippen molar-refractivity contribution < 1.29 is 18.4 Å². The van der Waals surface area contributed by atoms with E-state index < -0.39 is 11.6 Å². The number of amides is 2. The Bertz CT molecular complexity index is 655. The summed E-state index contributed by atoms with van der Waals surface area (Å²) in [6, 6.07) is 3.43. The molecule has 0 radical (unpaired) electrons. The van der Waals surface area contributed by atoms with Crippen LogP contribution in [0.3, 0.4) is 0 Å². The Morgan fingerprint density at radius 1 is 1.32 bits per heavy atom. The molecule has 0 spiro atoms. The molecule has 22 heavy (non-hydrogen) atoms. The Morgan fingerprint density at radius 3 is 2.64 bits per heavy atom. The molecule has 1 heterocycles. The predicted molar refractivity (Wildman–Crippen MR) is 75.1 cm³/mol. The third-order valence-electron chi connectivity index (χ3n) is 3.95. The number of hydrogen-bond acceptors (Lipinski definition) is 3. The first kappa shape index (κ1) is 14.6. The molecule has 1 saturated carbocycles. The third-order valence-corrected chi connectivity index (χ3v) is 3.95. The minimum Gasteiger partial charge on any atom is -0.348 e. The number of nitrogens with zero attached hydrogens (tertiary/aromatic N) is 2. The van der Waals surface area contributed by atoms with Gasteiger partial charge in [0, 0.05) is 37.4 Å². The minimum absolute atomic E-state index is 0.0191. The smallest absolute Gasteiger partial charge is 0.267 e. The molecule has 0 unspecified atom stereocenters. The highest BCUT2D eigenvalue weighted by Gasteiger charge is 2.43. The molecular weight excluding hydrogens is 292 g/mol. The molecule has 1 aliphatic heterocycles. The van der Waals surface area contributed by atoms with Crippen LogP contribution in [0.25, 0.3) is 0 Å². The summed E-state index contributed by atoms with van der Waals surface area (Å²) in [6.07, 6.45) is 1.00. The average Bonchev–Trinajstić information content (AvgIpc) is 3.20. The molecule has 1 N–H and O–H groups in total. The Kier molecular flexibility index (Phi) is 3.64. The summed E-state index contributed by atoms with van der Waals surface area (Å²) in [6.45, 7) is 0. The second-order valence-corrected chi connectivity index (χ2v) is 5.52. The SMILES string of the molecule is CN1N=C(C(=O)N[C@@H]2C[C@H]2c2c(F)cccc2F)CCC1=O. The van der Waals surface area contributed by atoms with Crippen LogP contribution < -0.4 is 5.32 Å². The van der Waals surface area contributed by atoms with Crippen molar-refractivity contribution in [3.63, 3.8) is 0 Å². The largest absolute Gasteiger partial charge is 0.348 e. The monoisotopic (exact) mass is 307 g/mol. The van der Waals surface area contributed by atoms with Crippen LogP contribution in [-0.4, -0.2) is 35.6 Å². The van der Waals surface area contributed by atoms with Crippen LogP contribution in [0.4, 0.5) is 8.78 Å². The maximum Gasteiger partial charge on any atom is 0.267 e. The first-order valence-corrected chi connectivity index (χ1v) is 7.06. The van der Waals surface area contributed by atoms with Gasteiger partial charge in [0.15, 0.2) is 0 Å². The van der Waals surface area contributed by atoms with Gasteiger partial charge in [-0.05, 0) is 18.6 Å². The minimum atomic E-state index is -0.595. The van der Waals surface area contributed by atoms with Crippen LogP contribution in [0.15, 0.2) is 23.3 Å². The van der Waals surface area contributed by atoms with Gasteiger partial charge in [-0.25, -0.2) is 13.8 Å². The van der Waals surface area contributed by atoms with Gasteiger partial charge in [-0.15, -0.1) is 0 Å². The van der Waals surface area contributed by atoms with Crippen molar-refractivity contribution in [3.05, 3.63) is 35.4 Å². The van der Waals surface area contributed by atoms with Crippen LogP contribution in [-0.2, 0) is 9.59 Å². The fourth-order valence-electron chi connectivity index (χ4n) is 2.62. The zero-order valence-electron chi connectivity index (χ0n) is 12.0. The van der Waals surface area contributed by atoms with Crippen LogP contribution in [0.1, 0.15) is 30.7 Å². The summed E-state index contributed by atoms with van der Waals surface area (Å²) in [5.41, 5.74) is 0.285. The molecule has 2 atom stereocenters. The van der Waals surface area contributed by atoms with E-state index in [0.717, 1.165) is 5.01 Å². The van der Waals surface area contributed by atoms with Crippen molar-refractivity contribution in [2.24, 2.45) is 5.10 Å². The molecule has 5 nitrogen and oxygen atoms in total. The number of nitrogens with one attached hydrogen (secondary N) is 1. The van der Waals surface area contributed by atoms with E-state index in [1.54, 1.807) is 0 Å². The lowest BCUT2D eigenvalue weighted by molar-refractivity contribution is -0.130. The third kappa shape index (κ3) is 2.70. The summed E-state index contributed by atoms with van der Waals surface area (Å²) in [5, 5.41) is 7.78. The van der Waals surface area contributed by atoms with Gasteiger partial charge in [-0.2, -0.15) is 5.10 Å². The van der Waals surface area contributed by atoms with E-state index in [9.17, 15) is 18.4 Å². The number of halogens is 2. The fourth-order valence-corrected chi connectivity index (χ4v) is 2.62. The van der Waals surface area contributed by atoms with Crippen molar-refractivity contribution in [2.45, 2.75) is 31.2 Å². The second-order valence-electron chi connectivity index (χ2n) is 5.52. The molecule has 1 aliphatic carbocycles. The van der Waals surface area contributed by atoms with Crippen molar-refractivity contribution in [2.75, 3.05) is 7.05 Å². The highest BCUT2D eigenvalue weighted by atomic mass is 19.1. The summed E-state index contributed by atoms with van der Waals surface area (Å²) in [4.78, 5) is 23.4. The standard InChI is InChI=1S/C15H15F2N3O2/c1-20-13(21)6-5-11(19-20)15(22)18-12-7-8(12)14-9(16)3-2-4-10(14)17/h2-4,8,12H,5-7H2,1H3,(H,18,22)/t8-,12-/m1/s1. The van der Waals surface area contributed by atoms with Crippen molar-refractivity contribution in [1.29, 1.82) is 0 Å². The molecule has 0 bridgehead atoms. The van der Waals surface area contributed by atoms with Crippen LogP contribution in [0, 0.1) is 11.6 Å². The molecule has 116 valence electrons. The lowest BCUT2D eigenvalue weighted by Crippen LogP contribution is -2.38. The number of hydrogen-bond donors (Lipinski definition) is 1. The number of benzene rings is 1. The van der Waals surface area contributed by atoms with Crippen molar-refractivity contribution in [3.8, 4) is 0 Å². The molecule has 7 heteroatoms. The van der Waals surface area contributed by atoms with Crippen molar-refractivity contribution in [1.82, 2.24) is 10.3 Å². The zero-order chi connectivity index (χ0) is 15.9. The van der Waals surface area contributed by atoms with Gasteiger partial charge in [-0.1, -0.05) is 6.07 Å². The van der Waals surface area contributed by atoms with E-state index in [1.807, 2.05) is 0 Å².